The van der Waals surface area contributed by atoms with Gasteiger partial charge >= 0.3 is 18.3 Å². The molecule has 10 aliphatic rings. The lowest BCUT2D eigenvalue weighted by Crippen LogP contribution is -2.59. The predicted octanol–water partition coefficient (Wildman–Crippen LogP) is 8.67. The number of nitrogens with one attached hydrogen (secondary N) is 2. The quantitative estimate of drug-likeness (QED) is 0.128. The lowest BCUT2D eigenvalue weighted by molar-refractivity contribution is -0.162. The molecule has 8 saturated carbocycles. The third-order valence-electron chi connectivity index (χ3n) is 17.5. The van der Waals surface area contributed by atoms with Crippen LogP contribution in [-0.2, 0) is 23.8 Å². The first-order valence-corrected chi connectivity index (χ1v) is 28.8. The zero-order valence-electron chi connectivity index (χ0n) is 48.0. The molecule has 8 aliphatic carbocycles. The van der Waals surface area contributed by atoms with Gasteiger partial charge in [-0.05, 0) is 201 Å². The lowest BCUT2D eigenvalue weighted by Gasteiger charge is -2.58. The molecule has 2 aliphatic heterocycles. The Kier molecular flexibility index (Phi) is 19.0. The molecule has 8 bridgehead atoms. The van der Waals surface area contributed by atoms with Crippen molar-refractivity contribution in [3.05, 3.63) is 40.3 Å². The van der Waals surface area contributed by atoms with Crippen molar-refractivity contribution in [3.8, 4) is 0 Å². The maximum atomic E-state index is 12.9. The SMILES string of the molecule is CC(C)(C)OC(=O)N[C@@H]1CCN(C(=O)OC2C3CC4CC2CC(C(N)=O)(C4)C3)C1.CCN(C(C)C)C(C)C.Cc1cc(Cl)nc(C)n1.Cc1cc(N[C@@H]2CCN(C(=O)OC3C4CC5CC3CC(C(N)=O)(C5)C4)C2)nc(C)n1. The molecule has 0 aromatic carbocycles. The van der Waals surface area contributed by atoms with E-state index in [1.165, 1.54) is 0 Å². The van der Waals surface area contributed by atoms with Crippen LogP contribution >= 0.6 is 11.6 Å². The summed E-state index contributed by atoms with van der Waals surface area (Å²) in [6, 6.07) is 5.06. The van der Waals surface area contributed by atoms with Crippen LogP contribution in [0.5, 0.6) is 0 Å². The highest BCUT2D eigenvalue weighted by molar-refractivity contribution is 6.29. The number of alkyl carbamates (subject to hydrolysis) is 1. The number of hydrogen-bond acceptors (Lipinski definition) is 14. The van der Waals surface area contributed by atoms with E-state index < -0.39 is 11.7 Å². The van der Waals surface area contributed by atoms with Crippen LogP contribution in [0.15, 0.2) is 12.1 Å². The molecule has 12 rings (SSSR count). The van der Waals surface area contributed by atoms with Crippen LogP contribution in [0.2, 0.25) is 5.15 Å². The number of aromatic nitrogens is 4. The van der Waals surface area contributed by atoms with Crippen LogP contribution < -0.4 is 22.1 Å². The van der Waals surface area contributed by atoms with Crippen molar-refractivity contribution in [2.24, 2.45) is 57.8 Å². The molecule has 5 amide bonds. The Hall–Kier alpha value is -5.04. The third-order valence-corrected chi connectivity index (χ3v) is 17.6. The first-order chi connectivity index (χ1) is 36.1. The number of primary amides is 2. The Morgan fingerprint density at radius 3 is 1.49 bits per heavy atom. The van der Waals surface area contributed by atoms with Gasteiger partial charge in [-0.25, -0.2) is 34.3 Å². The Morgan fingerprint density at radius 2 is 1.12 bits per heavy atom. The summed E-state index contributed by atoms with van der Waals surface area (Å²) in [5.41, 5.74) is 12.0. The Morgan fingerprint density at radius 1 is 0.688 bits per heavy atom. The molecular weight excluding hydrogens is 1000 g/mol. The molecule has 2 aromatic rings. The van der Waals surface area contributed by atoms with E-state index in [9.17, 15) is 24.0 Å². The zero-order valence-corrected chi connectivity index (χ0v) is 48.8. The van der Waals surface area contributed by atoms with Gasteiger partial charge in [-0.3, -0.25) is 14.5 Å². The van der Waals surface area contributed by atoms with Gasteiger partial charge in [0.1, 0.15) is 40.4 Å². The van der Waals surface area contributed by atoms with E-state index in [0.29, 0.717) is 61.7 Å². The second-order valence-corrected chi connectivity index (χ2v) is 25.8. The Balaban J connectivity index is 0.000000170. The number of carbonyl (C=O) groups is 5. The van der Waals surface area contributed by atoms with Gasteiger partial charge in [0.15, 0.2) is 0 Å². The summed E-state index contributed by atoms with van der Waals surface area (Å²) in [5.74, 6) is 4.03. The van der Waals surface area contributed by atoms with E-state index in [4.69, 9.17) is 37.3 Å². The molecule has 19 nitrogen and oxygen atoms in total. The Bertz CT molecular complexity index is 2330. The van der Waals surface area contributed by atoms with Crippen molar-refractivity contribution in [3.63, 3.8) is 0 Å². The fourth-order valence-electron chi connectivity index (χ4n) is 14.9. The first-order valence-electron chi connectivity index (χ1n) is 28.5. The zero-order chi connectivity index (χ0) is 56.3. The number of nitrogens with two attached hydrogens (primary N) is 2. The maximum absolute atomic E-state index is 12.9. The van der Waals surface area contributed by atoms with E-state index in [2.05, 4.69) is 70.1 Å². The molecule has 6 N–H and O–H groups in total. The van der Waals surface area contributed by atoms with E-state index in [1.807, 2.05) is 54.5 Å². The summed E-state index contributed by atoms with van der Waals surface area (Å²) >= 11 is 5.60. The van der Waals surface area contributed by atoms with E-state index in [-0.39, 0.29) is 82.8 Å². The topological polar surface area (TPSA) is 250 Å². The van der Waals surface area contributed by atoms with Gasteiger partial charge in [0.2, 0.25) is 11.8 Å². The van der Waals surface area contributed by atoms with Crippen molar-refractivity contribution in [2.75, 3.05) is 38.0 Å². The monoisotopic (exact) mass is 1090 g/mol. The molecule has 20 heteroatoms. The van der Waals surface area contributed by atoms with Crippen LogP contribution in [0.25, 0.3) is 0 Å². The second-order valence-electron chi connectivity index (χ2n) is 25.4. The minimum Gasteiger partial charge on any atom is -0.446 e. The summed E-state index contributed by atoms with van der Waals surface area (Å²) in [5, 5.41) is 6.77. The summed E-state index contributed by atoms with van der Waals surface area (Å²) in [4.78, 5) is 84.4. The standard InChI is InChI=1S/C22H31N5O3.C21H33N3O5.C8H19N.C6H7ClN2/c1-12-5-18(25-13(2)24-12)26-17-3-4-27(11-17)21(29)30-19-15-6-14-7-16(19)10-22(8-14,9-15)20(23)28;1-20(2,3)29-18(26)23-15-4-5-24(11-15)19(27)28-16-13-6-12-7-14(16)10-21(8-12,9-13)17(22)25;1-6-9(7(2)3)8(4)5;1-4-3-6(7)9-5(2)8-4/h5,14-17,19H,3-4,6-11H2,1-2H3,(H2,23,28)(H,24,25,26);12-16H,4-11H2,1-3H3,(H2,22,25)(H,23,26);7-8H,6H2,1-5H3;3H,1-2H3/t14?,15?,16?,17-,19?,22?;12?,13?,14?,15-,16?,21?;;/m11../s1. The molecule has 0 radical (unpaired) electrons. The Labute approximate surface area is 462 Å². The van der Waals surface area contributed by atoms with Crippen molar-refractivity contribution >= 4 is 47.5 Å². The van der Waals surface area contributed by atoms with Crippen LogP contribution in [0.4, 0.5) is 20.2 Å². The van der Waals surface area contributed by atoms with Crippen molar-refractivity contribution in [2.45, 2.75) is 202 Å². The molecule has 4 unspecified atom stereocenters. The summed E-state index contributed by atoms with van der Waals surface area (Å²) in [6.45, 7) is 27.6. The number of aryl methyl sites for hydroxylation is 4. The number of likely N-dealkylation sites (tertiary alicyclic amines) is 2. The van der Waals surface area contributed by atoms with Gasteiger partial charge in [-0.1, -0.05) is 18.5 Å². The third kappa shape index (κ3) is 15.0. The fourth-order valence-corrected chi connectivity index (χ4v) is 15.2. The maximum Gasteiger partial charge on any atom is 0.410 e. The number of amides is 5. The summed E-state index contributed by atoms with van der Waals surface area (Å²) in [6.07, 6.45) is 9.39. The number of anilines is 1. The van der Waals surface area contributed by atoms with Crippen molar-refractivity contribution in [1.82, 2.24) is 40.0 Å². The van der Waals surface area contributed by atoms with E-state index >= 15 is 0 Å². The van der Waals surface area contributed by atoms with E-state index in [1.54, 1.807) is 15.9 Å². The van der Waals surface area contributed by atoms with Gasteiger partial charge in [0.25, 0.3) is 0 Å². The highest BCUT2D eigenvalue weighted by Crippen LogP contribution is 2.62. The van der Waals surface area contributed by atoms with Crippen LogP contribution in [-0.4, -0.2) is 139 Å². The number of carbonyl (C=O) groups excluding carboxylic acids is 5. The van der Waals surface area contributed by atoms with Gasteiger partial charge in [-0.2, -0.15) is 0 Å². The molecule has 6 atom stereocenters. The molecule has 0 spiro atoms. The molecule has 2 aromatic heterocycles. The smallest absolute Gasteiger partial charge is 0.410 e. The average Bonchev–Trinajstić information content (AvgIpc) is 3.98. The molecular formula is C57H90ClN11O8. The molecule has 77 heavy (non-hydrogen) atoms. The normalized spacial score (nSPS) is 31.2. The van der Waals surface area contributed by atoms with Gasteiger partial charge in [0, 0.05) is 61.8 Å². The first kappa shape index (κ1) is 59.6. The second kappa shape index (κ2) is 24.5. The van der Waals surface area contributed by atoms with Gasteiger partial charge in [0.05, 0.1) is 16.9 Å². The number of ether oxygens (including phenoxy) is 3. The van der Waals surface area contributed by atoms with Crippen LogP contribution in [0, 0.1) is 74.0 Å². The molecule has 4 heterocycles. The number of nitrogens with zero attached hydrogens (tertiary/aromatic N) is 7. The van der Waals surface area contributed by atoms with Crippen LogP contribution in [0.1, 0.15) is 155 Å². The molecule has 2 saturated heterocycles. The van der Waals surface area contributed by atoms with Gasteiger partial charge in [-0.15, -0.1) is 0 Å². The van der Waals surface area contributed by atoms with Crippen LogP contribution in [0.3, 0.4) is 0 Å². The number of hydrogen-bond donors (Lipinski definition) is 4. The highest BCUT2D eigenvalue weighted by atomic mass is 35.5. The summed E-state index contributed by atoms with van der Waals surface area (Å²) in [7, 11) is 0. The largest absolute Gasteiger partial charge is 0.446 e. The predicted molar refractivity (Wildman–Crippen MR) is 295 cm³/mol. The molecule has 428 valence electrons. The average molecular weight is 1090 g/mol. The van der Waals surface area contributed by atoms with E-state index in [0.717, 1.165) is 106 Å². The summed E-state index contributed by atoms with van der Waals surface area (Å²) < 4.78 is 17.3. The van der Waals surface area contributed by atoms with Crippen molar-refractivity contribution < 1.29 is 38.2 Å². The number of halogens is 1. The van der Waals surface area contributed by atoms with Gasteiger partial charge < -0.3 is 46.1 Å². The minimum atomic E-state index is -0.553. The molecule has 10 fully saturated rings. The lowest BCUT2D eigenvalue weighted by atomic mass is 9.48. The van der Waals surface area contributed by atoms with Crippen molar-refractivity contribution in [1.29, 1.82) is 0 Å². The highest BCUT2D eigenvalue weighted by Gasteiger charge is 2.60. The fraction of sp³-hybridized carbons (Fsp3) is 0.772. The number of rotatable bonds is 10. The minimum absolute atomic E-state index is 0.0688.